The van der Waals surface area contributed by atoms with E-state index in [-0.39, 0.29) is 6.54 Å². The van der Waals surface area contributed by atoms with Crippen molar-refractivity contribution in [2.45, 2.75) is 20.0 Å². The SMILES string of the molecule is Cc1ccc(C(O)CNO)c(C)c1. The van der Waals surface area contributed by atoms with Crippen molar-refractivity contribution in [3.63, 3.8) is 0 Å². The molecular weight excluding hydrogens is 166 g/mol. The highest BCUT2D eigenvalue weighted by Crippen LogP contribution is 2.17. The van der Waals surface area contributed by atoms with Crippen molar-refractivity contribution in [3.8, 4) is 0 Å². The van der Waals surface area contributed by atoms with Crippen LogP contribution in [0, 0.1) is 13.8 Å². The normalized spacial score (nSPS) is 12.9. The summed E-state index contributed by atoms with van der Waals surface area (Å²) < 4.78 is 0. The van der Waals surface area contributed by atoms with Gasteiger partial charge in [0.15, 0.2) is 0 Å². The van der Waals surface area contributed by atoms with Gasteiger partial charge < -0.3 is 10.3 Å². The second-order valence-corrected chi connectivity index (χ2v) is 3.24. The van der Waals surface area contributed by atoms with Crippen LogP contribution in [-0.2, 0) is 0 Å². The van der Waals surface area contributed by atoms with Gasteiger partial charge in [-0.25, -0.2) is 5.48 Å². The number of rotatable bonds is 3. The molecule has 3 N–H and O–H groups in total. The summed E-state index contributed by atoms with van der Waals surface area (Å²) in [5.74, 6) is 0. The second kappa shape index (κ2) is 4.37. The molecule has 0 saturated heterocycles. The molecule has 1 aromatic carbocycles. The zero-order valence-electron chi connectivity index (χ0n) is 7.91. The molecule has 1 rings (SSSR count). The molecule has 0 saturated carbocycles. The van der Waals surface area contributed by atoms with E-state index in [1.54, 1.807) is 0 Å². The minimum Gasteiger partial charge on any atom is -0.387 e. The first kappa shape index (κ1) is 10.2. The molecule has 0 spiro atoms. The number of aliphatic hydroxyl groups is 1. The largest absolute Gasteiger partial charge is 0.387 e. The standard InChI is InChI=1S/C10H15NO2/c1-7-3-4-9(8(2)5-7)10(12)6-11-13/h3-5,10-13H,6H2,1-2H3. The van der Waals surface area contributed by atoms with Gasteiger partial charge in [-0.1, -0.05) is 23.8 Å². The predicted octanol–water partition coefficient (Wildman–Crippen LogP) is 1.32. The lowest BCUT2D eigenvalue weighted by Gasteiger charge is -2.12. The highest BCUT2D eigenvalue weighted by molar-refractivity contribution is 5.32. The summed E-state index contributed by atoms with van der Waals surface area (Å²) in [6, 6.07) is 5.84. The van der Waals surface area contributed by atoms with Crippen LogP contribution >= 0.6 is 0 Å². The first-order valence-corrected chi connectivity index (χ1v) is 4.27. The number of benzene rings is 1. The van der Waals surface area contributed by atoms with Gasteiger partial charge in [0.05, 0.1) is 12.6 Å². The van der Waals surface area contributed by atoms with E-state index in [1.165, 1.54) is 5.56 Å². The fraction of sp³-hybridized carbons (Fsp3) is 0.400. The highest BCUT2D eigenvalue weighted by Gasteiger charge is 2.08. The summed E-state index contributed by atoms with van der Waals surface area (Å²) in [5.41, 5.74) is 5.03. The summed E-state index contributed by atoms with van der Waals surface area (Å²) >= 11 is 0. The van der Waals surface area contributed by atoms with Crippen LogP contribution < -0.4 is 5.48 Å². The first-order valence-electron chi connectivity index (χ1n) is 4.27. The number of hydroxylamine groups is 1. The van der Waals surface area contributed by atoms with Gasteiger partial charge in [0.2, 0.25) is 0 Å². The van der Waals surface area contributed by atoms with Gasteiger partial charge in [0, 0.05) is 0 Å². The molecule has 1 aromatic rings. The Bertz CT molecular complexity index is 286. The lowest BCUT2D eigenvalue weighted by atomic mass is 10.0. The van der Waals surface area contributed by atoms with Crippen LogP contribution in [-0.4, -0.2) is 16.9 Å². The fourth-order valence-electron chi connectivity index (χ4n) is 1.40. The number of aryl methyl sites for hydroxylation is 2. The second-order valence-electron chi connectivity index (χ2n) is 3.24. The average Bonchev–Trinajstić information content (AvgIpc) is 2.04. The van der Waals surface area contributed by atoms with Crippen LogP contribution in [0.15, 0.2) is 18.2 Å². The summed E-state index contributed by atoms with van der Waals surface area (Å²) in [5, 5.41) is 18.0. The zero-order chi connectivity index (χ0) is 9.84. The van der Waals surface area contributed by atoms with Crippen molar-refractivity contribution < 1.29 is 10.3 Å². The van der Waals surface area contributed by atoms with Crippen molar-refractivity contribution in [1.29, 1.82) is 0 Å². The number of hydrogen-bond acceptors (Lipinski definition) is 3. The van der Waals surface area contributed by atoms with Crippen LogP contribution in [0.3, 0.4) is 0 Å². The van der Waals surface area contributed by atoms with Crippen LogP contribution in [0.4, 0.5) is 0 Å². The lowest BCUT2D eigenvalue weighted by Crippen LogP contribution is -2.18. The molecule has 0 fully saturated rings. The molecule has 0 amide bonds. The van der Waals surface area contributed by atoms with Gasteiger partial charge in [-0.15, -0.1) is 0 Å². The Hall–Kier alpha value is -0.900. The summed E-state index contributed by atoms with van der Waals surface area (Å²) in [4.78, 5) is 0. The smallest absolute Gasteiger partial charge is 0.0940 e. The van der Waals surface area contributed by atoms with Gasteiger partial charge in [0.1, 0.15) is 0 Å². The Morgan fingerprint density at radius 3 is 2.62 bits per heavy atom. The molecule has 0 bridgehead atoms. The molecule has 0 aliphatic heterocycles. The predicted molar refractivity (Wildman–Crippen MR) is 50.7 cm³/mol. The highest BCUT2D eigenvalue weighted by atomic mass is 16.5. The molecule has 0 heterocycles. The van der Waals surface area contributed by atoms with Gasteiger partial charge in [-0.3, -0.25) is 0 Å². The third kappa shape index (κ3) is 2.52. The van der Waals surface area contributed by atoms with Gasteiger partial charge in [-0.05, 0) is 25.0 Å². The Labute approximate surface area is 78.0 Å². The minimum absolute atomic E-state index is 0.157. The Morgan fingerprint density at radius 2 is 2.08 bits per heavy atom. The van der Waals surface area contributed by atoms with E-state index >= 15 is 0 Å². The Kier molecular flexibility index (Phi) is 3.42. The van der Waals surface area contributed by atoms with E-state index < -0.39 is 6.10 Å². The molecule has 0 aromatic heterocycles. The fourth-order valence-corrected chi connectivity index (χ4v) is 1.40. The number of nitrogens with one attached hydrogen (secondary N) is 1. The third-order valence-corrected chi connectivity index (χ3v) is 2.07. The van der Waals surface area contributed by atoms with Crippen LogP contribution in [0.2, 0.25) is 0 Å². The maximum atomic E-state index is 9.57. The van der Waals surface area contributed by atoms with E-state index in [0.717, 1.165) is 11.1 Å². The summed E-state index contributed by atoms with van der Waals surface area (Å²) in [6.45, 7) is 4.11. The first-order chi connectivity index (χ1) is 6.15. The van der Waals surface area contributed by atoms with Crippen LogP contribution in [0.1, 0.15) is 22.8 Å². The van der Waals surface area contributed by atoms with Gasteiger partial charge in [-0.2, -0.15) is 0 Å². The molecule has 3 heteroatoms. The molecule has 3 nitrogen and oxygen atoms in total. The number of hydrogen-bond donors (Lipinski definition) is 3. The molecular formula is C10H15NO2. The summed E-state index contributed by atoms with van der Waals surface area (Å²) in [6.07, 6.45) is -0.648. The van der Waals surface area contributed by atoms with Crippen molar-refractivity contribution in [3.05, 3.63) is 34.9 Å². The van der Waals surface area contributed by atoms with Gasteiger partial charge >= 0.3 is 0 Å². The molecule has 72 valence electrons. The minimum atomic E-state index is -0.648. The topological polar surface area (TPSA) is 52.5 Å². The van der Waals surface area contributed by atoms with Gasteiger partial charge in [0.25, 0.3) is 0 Å². The average molecular weight is 181 g/mol. The third-order valence-electron chi connectivity index (χ3n) is 2.07. The molecule has 0 aliphatic carbocycles. The van der Waals surface area contributed by atoms with Crippen molar-refractivity contribution in [1.82, 2.24) is 5.48 Å². The molecule has 0 aliphatic rings. The molecule has 1 unspecified atom stereocenters. The maximum Gasteiger partial charge on any atom is 0.0940 e. The Morgan fingerprint density at radius 1 is 1.38 bits per heavy atom. The van der Waals surface area contributed by atoms with Crippen molar-refractivity contribution in [2.24, 2.45) is 0 Å². The molecule has 1 atom stereocenters. The van der Waals surface area contributed by atoms with E-state index in [4.69, 9.17) is 5.21 Å². The quantitative estimate of drug-likeness (QED) is 0.616. The van der Waals surface area contributed by atoms with E-state index in [2.05, 4.69) is 0 Å². The molecule has 0 radical (unpaired) electrons. The summed E-state index contributed by atoms with van der Waals surface area (Å²) in [7, 11) is 0. The molecule has 13 heavy (non-hydrogen) atoms. The zero-order valence-corrected chi connectivity index (χ0v) is 7.91. The van der Waals surface area contributed by atoms with E-state index in [1.807, 2.05) is 37.5 Å². The lowest BCUT2D eigenvalue weighted by molar-refractivity contribution is 0.0918. The van der Waals surface area contributed by atoms with E-state index in [0.29, 0.717) is 0 Å². The monoisotopic (exact) mass is 181 g/mol. The van der Waals surface area contributed by atoms with Crippen molar-refractivity contribution >= 4 is 0 Å². The van der Waals surface area contributed by atoms with E-state index in [9.17, 15) is 5.11 Å². The number of aliphatic hydroxyl groups excluding tert-OH is 1. The Balaban J connectivity index is 2.88. The van der Waals surface area contributed by atoms with Crippen LogP contribution in [0.25, 0.3) is 0 Å². The maximum absolute atomic E-state index is 9.57. The van der Waals surface area contributed by atoms with Crippen LogP contribution in [0.5, 0.6) is 0 Å². The van der Waals surface area contributed by atoms with Crippen molar-refractivity contribution in [2.75, 3.05) is 6.54 Å².